The van der Waals surface area contributed by atoms with Crippen molar-refractivity contribution in [2.45, 2.75) is 51.6 Å². The lowest BCUT2D eigenvalue weighted by Gasteiger charge is -2.32. The van der Waals surface area contributed by atoms with Gasteiger partial charge in [-0.3, -0.25) is 13.9 Å². The minimum absolute atomic E-state index is 0.0721. The molecule has 1 atom stereocenters. The fourth-order valence-electron chi connectivity index (χ4n) is 4.13. The van der Waals surface area contributed by atoms with Crippen LogP contribution in [0.1, 0.15) is 37.0 Å². The molecule has 3 aromatic rings. The number of anilines is 1. The van der Waals surface area contributed by atoms with Gasteiger partial charge in [0, 0.05) is 18.1 Å². The fraction of sp³-hybridized carbons (Fsp3) is 0.310. The number of rotatable bonds is 11. The van der Waals surface area contributed by atoms with Crippen molar-refractivity contribution in [3.05, 3.63) is 94.5 Å². The maximum absolute atomic E-state index is 13.9. The topological polar surface area (TPSA) is 86.8 Å². The van der Waals surface area contributed by atoms with Crippen LogP contribution in [-0.4, -0.2) is 44.3 Å². The molecule has 3 aromatic carbocycles. The van der Waals surface area contributed by atoms with Crippen LogP contribution in [0, 0.1) is 13.8 Å². The first-order valence-electron chi connectivity index (χ1n) is 12.5. The van der Waals surface area contributed by atoms with Crippen molar-refractivity contribution in [1.82, 2.24) is 10.2 Å². The summed E-state index contributed by atoms with van der Waals surface area (Å²) in [6.45, 7) is 7.39. The SMILES string of the molecule is CCCNC(=O)[C@@H](C)N(Cc1cccc(Cl)c1)C(=O)CN(c1ccc(C)cc1C)S(=O)(=O)c1ccccc1. The molecule has 0 saturated heterocycles. The van der Waals surface area contributed by atoms with Gasteiger partial charge in [-0.25, -0.2) is 8.42 Å². The molecule has 0 aliphatic carbocycles. The number of sulfonamides is 1. The van der Waals surface area contributed by atoms with Gasteiger partial charge in [0.2, 0.25) is 11.8 Å². The first-order chi connectivity index (χ1) is 18.0. The highest BCUT2D eigenvalue weighted by Gasteiger charge is 2.33. The van der Waals surface area contributed by atoms with Crippen LogP contribution in [0.2, 0.25) is 5.02 Å². The van der Waals surface area contributed by atoms with Crippen molar-refractivity contribution >= 4 is 39.1 Å². The zero-order valence-corrected chi connectivity index (χ0v) is 23.7. The van der Waals surface area contributed by atoms with Gasteiger partial charge in [0.1, 0.15) is 12.6 Å². The van der Waals surface area contributed by atoms with E-state index in [9.17, 15) is 18.0 Å². The molecule has 0 bridgehead atoms. The van der Waals surface area contributed by atoms with Crippen molar-refractivity contribution < 1.29 is 18.0 Å². The van der Waals surface area contributed by atoms with Gasteiger partial charge in [0.05, 0.1) is 10.6 Å². The van der Waals surface area contributed by atoms with E-state index in [1.807, 2.05) is 39.0 Å². The van der Waals surface area contributed by atoms with E-state index >= 15 is 0 Å². The summed E-state index contributed by atoms with van der Waals surface area (Å²) in [6.07, 6.45) is 0.747. The monoisotopic (exact) mass is 555 g/mol. The van der Waals surface area contributed by atoms with Crippen molar-refractivity contribution in [2.24, 2.45) is 0 Å². The van der Waals surface area contributed by atoms with E-state index in [4.69, 9.17) is 11.6 Å². The van der Waals surface area contributed by atoms with Crippen molar-refractivity contribution in [2.75, 3.05) is 17.4 Å². The van der Waals surface area contributed by atoms with Crippen LogP contribution in [0.5, 0.6) is 0 Å². The van der Waals surface area contributed by atoms with Gasteiger partial charge in [0.15, 0.2) is 0 Å². The normalized spacial score (nSPS) is 12.0. The molecule has 0 unspecified atom stereocenters. The molecule has 38 heavy (non-hydrogen) atoms. The fourth-order valence-corrected chi connectivity index (χ4v) is 5.84. The molecule has 9 heteroatoms. The van der Waals surface area contributed by atoms with Gasteiger partial charge in [-0.05, 0) is 68.7 Å². The number of hydrogen-bond donors (Lipinski definition) is 1. The van der Waals surface area contributed by atoms with Crippen LogP contribution in [0.25, 0.3) is 0 Å². The van der Waals surface area contributed by atoms with Crippen molar-refractivity contribution in [1.29, 1.82) is 0 Å². The van der Waals surface area contributed by atoms with E-state index in [-0.39, 0.29) is 17.3 Å². The molecule has 0 fully saturated rings. The highest BCUT2D eigenvalue weighted by atomic mass is 35.5. The molecule has 1 N–H and O–H groups in total. The first-order valence-corrected chi connectivity index (χ1v) is 14.3. The lowest BCUT2D eigenvalue weighted by molar-refractivity contribution is -0.139. The molecule has 202 valence electrons. The second-order valence-electron chi connectivity index (χ2n) is 9.23. The summed E-state index contributed by atoms with van der Waals surface area (Å²) < 4.78 is 28.8. The standard InChI is InChI=1S/C29H34ClN3O4S/c1-5-16-31-29(35)23(4)32(19-24-10-9-11-25(30)18-24)28(34)20-33(27-15-14-21(2)17-22(27)3)38(36,37)26-12-7-6-8-13-26/h6-15,17-18,23H,5,16,19-20H2,1-4H3,(H,31,35)/t23-/m1/s1. The summed E-state index contributed by atoms with van der Waals surface area (Å²) in [5.41, 5.74) is 2.81. The number of halogens is 1. The van der Waals surface area contributed by atoms with Crippen LogP contribution in [0.15, 0.2) is 77.7 Å². The predicted molar refractivity (Wildman–Crippen MR) is 152 cm³/mol. The number of nitrogens with one attached hydrogen (secondary N) is 1. The third-order valence-corrected chi connectivity index (χ3v) is 8.20. The minimum Gasteiger partial charge on any atom is -0.354 e. The second-order valence-corrected chi connectivity index (χ2v) is 11.5. The smallest absolute Gasteiger partial charge is 0.264 e. The molecule has 0 spiro atoms. The Labute approximate surface area is 230 Å². The van der Waals surface area contributed by atoms with E-state index in [0.717, 1.165) is 21.9 Å². The zero-order chi connectivity index (χ0) is 27.9. The highest BCUT2D eigenvalue weighted by Crippen LogP contribution is 2.28. The zero-order valence-electron chi connectivity index (χ0n) is 22.1. The van der Waals surface area contributed by atoms with E-state index in [1.165, 1.54) is 17.0 Å². The van der Waals surface area contributed by atoms with Gasteiger partial charge < -0.3 is 10.2 Å². The molecule has 0 radical (unpaired) electrons. The molecular weight excluding hydrogens is 522 g/mol. The summed E-state index contributed by atoms with van der Waals surface area (Å²) >= 11 is 6.17. The Morgan fingerprint density at radius 2 is 1.68 bits per heavy atom. The van der Waals surface area contributed by atoms with Gasteiger partial charge in [-0.15, -0.1) is 0 Å². The average Bonchev–Trinajstić information content (AvgIpc) is 2.89. The van der Waals surface area contributed by atoms with E-state index in [1.54, 1.807) is 49.4 Å². The molecule has 3 rings (SSSR count). The Kier molecular flexibility index (Phi) is 9.94. The van der Waals surface area contributed by atoms with E-state index in [2.05, 4.69) is 5.32 Å². The highest BCUT2D eigenvalue weighted by molar-refractivity contribution is 7.92. The van der Waals surface area contributed by atoms with Crippen LogP contribution in [0.3, 0.4) is 0 Å². The van der Waals surface area contributed by atoms with Crippen LogP contribution < -0.4 is 9.62 Å². The third kappa shape index (κ3) is 7.14. The number of amides is 2. The van der Waals surface area contributed by atoms with Crippen LogP contribution in [0.4, 0.5) is 5.69 Å². The molecule has 0 heterocycles. The minimum atomic E-state index is -4.09. The Hall–Kier alpha value is -3.36. The molecule has 0 saturated carbocycles. The molecule has 0 aliphatic heterocycles. The number of carbonyl (C=O) groups excluding carboxylic acids is 2. The molecule has 2 amide bonds. The Balaban J connectivity index is 2.04. The van der Waals surface area contributed by atoms with Crippen molar-refractivity contribution in [3.8, 4) is 0 Å². The number of aryl methyl sites for hydroxylation is 2. The average molecular weight is 556 g/mol. The van der Waals surface area contributed by atoms with Gasteiger partial charge in [0.25, 0.3) is 10.0 Å². The number of carbonyl (C=O) groups is 2. The maximum atomic E-state index is 13.9. The molecule has 7 nitrogen and oxygen atoms in total. The van der Waals surface area contributed by atoms with Crippen LogP contribution >= 0.6 is 11.6 Å². The quantitative estimate of drug-likeness (QED) is 0.357. The number of hydrogen-bond acceptors (Lipinski definition) is 4. The summed E-state index contributed by atoms with van der Waals surface area (Å²) in [7, 11) is -4.09. The lowest BCUT2D eigenvalue weighted by Crippen LogP contribution is -2.51. The van der Waals surface area contributed by atoms with Gasteiger partial charge in [-0.1, -0.05) is 66.6 Å². The summed E-state index contributed by atoms with van der Waals surface area (Å²) in [5, 5.41) is 3.33. The number of benzene rings is 3. The summed E-state index contributed by atoms with van der Waals surface area (Å²) in [6, 6.07) is 19.6. The van der Waals surface area contributed by atoms with E-state index < -0.39 is 28.5 Å². The van der Waals surface area contributed by atoms with Crippen molar-refractivity contribution in [3.63, 3.8) is 0 Å². The summed E-state index contributed by atoms with van der Waals surface area (Å²) in [5.74, 6) is -0.824. The first kappa shape index (κ1) is 29.2. The van der Waals surface area contributed by atoms with Gasteiger partial charge in [-0.2, -0.15) is 0 Å². The summed E-state index contributed by atoms with van der Waals surface area (Å²) in [4.78, 5) is 28.3. The van der Waals surface area contributed by atoms with E-state index in [0.29, 0.717) is 22.8 Å². The largest absolute Gasteiger partial charge is 0.354 e. The second kappa shape index (κ2) is 12.9. The number of nitrogens with zero attached hydrogens (tertiary/aromatic N) is 2. The third-order valence-electron chi connectivity index (χ3n) is 6.19. The Morgan fingerprint density at radius 1 is 0.974 bits per heavy atom. The molecular formula is C29H34ClN3O4S. The molecule has 0 aromatic heterocycles. The maximum Gasteiger partial charge on any atom is 0.264 e. The lowest BCUT2D eigenvalue weighted by atomic mass is 10.1. The Morgan fingerprint density at radius 3 is 2.32 bits per heavy atom. The van der Waals surface area contributed by atoms with Gasteiger partial charge >= 0.3 is 0 Å². The predicted octanol–water partition coefficient (Wildman–Crippen LogP) is 5.10. The van der Waals surface area contributed by atoms with Crippen LogP contribution in [-0.2, 0) is 26.2 Å². The molecule has 0 aliphatic rings. The Bertz CT molecular complexity index is 1380.